The topological polar surface area (TPSA) is 40.6 Å². The second-order valence-electron chi connectivity index (χ2n) is 6.73. The number of anilines is 1. The Hall–Kier alpha value is -2.83. The maximum absolute atomic E-state index is 12.8. The van der Waals surface area contributed by atoms with Gasteiger partial charge in [0.25, 0.3) is 0 Å². The summed E-state index contributed by atoms with van der Waals surface area (Å²) >= 11 is 0. The quantitative estimate of drug-likeness (QED) is 0.767. The summed E-state index contributed by atoms with van der Waals surface area (Å²) in [5.41, 5.74) is 2.19. The smallest absolute Gasteiger partial charge is 0.328 e. The third-order valence-corrected chi connectivity index (χ3v) is 4.45. The number of aryl methyl sites for hydroxylation is 2. The molecule has 1 heterocycles. The molecule has 1 aliphatic heterocycles. The van der Waals surface area contributed by atoms with Crippen molar-refractivity contribution in [2.24, 2.45) is 0 Å². The zero-order valence-electron chi connectivity index (χ0n) is 15.0. The van der Waals surface area contributed by atoms with Crippen molar-refractivity contribution in [3.63, 3.8) is 0 Å². The number of carbonyl (C=O) groups is 2. The van der Waals surface area contributed by atoms with Crippen LogP contribution in [0.25, 0.3) is 0 Å². The van der Waals surface area contributed by atoms with E-state index in [0.29, 0.717) is 17.8 Å². The number of amides is 2. The Morgan fingerprint density at radius 1 is 0.926 bits per heavy atom. The normalized spacial score (nSPS) is 15.4. The predicted octanol–water partition coefficient (Wildman–Crippen LogP) is 3.70. The lowest BCUT2D eigenvalue weighted by atomic mass is 10.1. The molecule has 7 heteroatoms. The first-order chi connectivity index (χ1) is 12.6. The minimum Gasteiger partial charge on any atom is -0.328 e. The van der Waals surface area contributed by atoms with E-state index >= 15 is 0 Å². The van der Waals surface area contributed by atoms with Gasteiger partial charge < -0.3 is 9.80 Å². The van der Waals surface area contributed by atoms with Crippen LogP contribution in [0.5, 0.6) is 0 Å². The molecule has 0 atom stereocenters. The Bertz CT molecular complexity index is 873. The first kappa shape index (κ1) is 18.9. The predicted molar refractivity (Wildman–Crippen MR) is 95.1 cm³/mol. The summed E-state index contributed by atoms with van der Waals surface area (Å²) in [6, 6.07) is 10.4. The van der Waals surface area contributed by atoms with Crippen molar-refractivity contribution in [2.45, 2.75) is 26.6 Å². The summed E-state index contributed by atoms with van der Waals surface area (Å²) in [5.74, 6) is -1.38. The van der Waals surface area contributed by atoms with Crippen molar-refractivity contribution in [1.29, 1.82) is 0 Å². The number of hydrogen-bond acceptors (Lipinski definition) is 2. The highest BCUT2D eigenvalue weighted by atomic mass is 19.4. The lowest BCUT2D eigenvalue weighted by Gasteiger charge is -2.34. The summed E-state index contributed by atoms with van der Waals surface area (Å²) in [4.78, 5) is 27.7. The van der Waals surface area contributed by atoms with Crippen LogP contribution in [0.4, 0.5) is 18.9 Å². The van der Waals surface area contributed by atoms with Crippen LogP contribution in [0.2, 0.25) is 0 Å². The molecule has 0 N–H and O–H groups in total. The maximum atomic E-state index is 12.8. The zero-order valence-corrected chi connectivity index (χ0v) is 15.0. The number of hydrogen-bond donors (Lipinski definition) is 0. The largest absolute Gasteiger partial charge is 0.416 e. The van der Waals surface area contributed by atoms with Crippen molar-refractivity contribution in [2.75, 3.05) is 18.0 Å². The summed E-state index contributed by atoms with van der Waals surface area (Å²) in [5, 5.41) is 0. The number of rotatable bonds is 3. The molecule has 0 saturated carbocycles. The number of piperazine rings is 1. The molecule has 0 aliphatic carbocycles. The van der Waals surface area contributed by atoms with Gasteiger partial charge in [-0.3, -0.25) is 9.59 Å². The molecular weight excluding hydrogens is 357 g/mol. The molecule has 1 aliphatic rings. The Morgan fingerprint density at radius 2 is 1.59 bits per heavy atom. The fourth-order valence-electron chi connectivity index (χ4n) is 3.24. The number of halogens is 3. The fraction of sp³-hybridized carbons (Fsp3) is 0.300. The van der Waals surface area contributed by atoms with Crippen LogP contribution < -0.4 is 4.90 Å². The highest BCUT2D eigenvalue weighted by Gasteiger charge is 2.34. The first-order valence-electron chi connectivity index (χ1n) is 8.50. The van der Waals surface area contributed by atoms with Crippen molar-refractivity contribution in [1.82, 2.24) is 4.90 Å². The lowest BCUT2D eigenvalue weighted by Crippen LogP contribution is -2.54. The van der Waals surface area contributed by atoms with E-state index in [0.717, 1.165) is 23.3 Å². The molecule has 27 heavy (non-hydrogen) atoms. The van der Waals surface area contributed by atoms with Gasteiger partial charge in [-0.25, -0.2) is 0 Å². The third-order valence-electron chi connectivity index (χ3n) is 4.45. The van der Waals surface area contributed by atoms with Gasteiger partial charge in [-0.15, -0.1) is 0 Å². The maximum Gasteiger partial charge on any atom is 0.416 e. The molecular formula is C20H19F3N2O2. The molecule has 2 aromatic carbocycles. The molecule has 0 spiro atoms. The summed E-state index contributed by atoms with van der Waals surface area (Å²) in [6.07, 6.45) is -4.45. The first-order valence-corrected chi connectivity index (χ1v) is 8.50. The van der Waals surface area contributed by atoms with Gasteiger partial charge in [0.15, 0.2) is 0 Å². The average Bonchev–Trinajstić information content (AvgIpc) is 2.58. The van der Waals surface area contributed by atoms with Crippen LogP contribution in [0, 0.1) is 13.8 Å². The number of alkyl halides is 3. The third kappa shape index (κ3) is 4.13. The van der Waals surface area contributed by atoms with Crippen LogP contribution >= 0.6 is 0 Å². The summed E-state index contributed by atoms with van der Waals surface area (Å²) in [6.45, 7) is 4.34. The summed E-state index contributed by atoms with van der Waals surface area (Å²) < 4.78 is 38.5. The Kier molecular flexibility index (Phi) is 4.95. The molecule has 0 unspecified atom stereocenters. The minimum atomic E-state index is -4.45. The van der Waals surface area contributed by atoms with Crippen LogP contribution in [-0.4, -0.2) is 29.8 Å². The Labute approximate surface area is 155 Å². The van der Waals surface area contributed by atoms with Gasteiger partial charge in [-0.2, -0.15) is 13.2 Å². The average molecular weight is 376 g/mol. The van der Waals surface area contributed by atoms with E-state index in [1.54, 1.807) is 0 Å². The zero-order chi connectivity index (χ0) is 19.8. The highest BCUT2D eigenvalue weighted by Crippen LogP contribution is 2.30. The van der Waals surface area contributed by atoms with E-state index < -0.39 is 23.6 Å². The van der Waals surface area contributed by atoms with Crippen molar-refractivity contribution in [3.8, 4) is 0 Å². The van der Waals surface area contributed by atoms with Gasteiger partial charge in [0, 0.05) is 25.3 Å². The monoisotopic (exact) mass is 376 g/mol. The van der Waals surface area contributed by atoms with Gasteiger partial charge in [-0.1, -0.05) is 18.2 Å². The van der Waals surface area contributed by atoms with Crippen LogP contribution in [-0.2, 0) is 22.3 Å². The van der Waals surface area contributed by atoms with Crippen LogP contribution in [0.3, 0.4) is 0 Å². The minimum absolute atomic E-state index is 0.0326. The molecule has 2 amide bonds. The van der Waals surface area contributed by atoms with Crippen molar-refractivity contribution < 1.29 is 22.8 Å². The van der Waals surface area contributed by atoms with Gasteiger partial charge in [0.2, 0.25) is 0 Å². The highest BCUT2D eigenvalue weighted by molar-refractivity contribution is 6.40. The molecule has 1 saturated heterocycles. The molecule has 4 nitrogen and oxygen atoms in total. The standard InChI is InChI=1S/C20H19F3N2O2/c1-13-8-14(2)10-17(9-13)25-7-6-24(18(26)19(25)27)12-15-4-3-5-16(11-15)20(21,22)23/h3-5,8-11H,6-7,12H2,1-2H3. The second-order valence-corrected chi connectivity index (χ2v) is 6.73. The fourth-order valence-corrected chi connectivity index (χ4v) is 3.24. The van der Waals surface area contributed by atoms with E-state index in [-0.39, 0.29) is 13.1 Å². The SMILES string of the molecule is Cc1cc(C)cc(N2CCN(Cc3cccc(C(F)(F)F)c3)C(=O)C2=O)c1. The van der Waals surface area contributed by atoms with Gasteiger partial charge in [-0.05, 0) is 54.8 Å². The Balaban J connectivity index is 1.76. The molecule has 2 aromatic rings. The molecule has 142 valence electrons. The Morgan fingerprint density at radius 3 is 2.22 bits per heavy atom. The number of benzene rings is 2. The van der Waals surface area contributed by atoms with E-state index in [1.165, 1.54) is 21.9 Å². The lowest BCUT2D eigenvalue weighted by molar-refractivity contribution is -0.146. The van der Waals surface area contributed by atoms with E-state index in [1.807, 2.05) is 32.0 Å². The number of carbonyl (C=O) groups excluding carboxylic acids is 2. The van der Waals surface area contributed by atoms with Crippen LogP contribution in [0.15, 0.2) is 42.5 Å². The molecule has 0 aromatic heterocycles. The van der Waals surface area contributed by atoms with E-state index in [2.05, 4.69) is 0 Å². The molecule has 3 rings (SSSR count). The molecule has 1 fully saturated rings. The summed E-state index contributed by atoms with van der Waals surface area (Å²) in [7, 11) is 0. The second kappa shape index (κ2) is 7.06. The van der Waals surface area contributed by atoms with Crippen LogP contribution in [0.1, 0.15) is 22.3 Å². The van der Waals surface area contributed by atoms with E-state index in [4.69, 9.17) is 0 Å². The molecule has 0 radical (unpaired) electrons. The van der Waals surface area contributed by atoms with Crippen molar-refractivity contribution >= 4 is 17.5 Å². The van der Waals surface area contributed by atoms with E-state index in [9.17, 15) is 22.8 Å². The van der Waals surface area contributed by atoms with Gasteiger partial charge in [0.05, 0.1) is 5.56 Å². The van der Waals surface area contributed by atoms with Gasteiger partial charge in [0.1, 0.15) is 0 Å². The number of nitrogens with zero attached hydrogens (tertiary/aromatic N) is 2. The van der Waals surface area contributed by atoms with Crippen molar-refractivity contribution in [3.05, 3.63) is 64.7 Å². The molecule has 0 bridgehead atoms. The van der Waals surface area contributed by atoms with Gasteiger partial charge >= 0.3 is 18.0 Å².